The maximum absolute atomic E-state index is 10.6. The molecule has 1 aromatic rings. The average molecular weight is 197 g/mol. The van der Waals surface area contributed by atoms with Crippen LogP contribution in [-0.4, -0.2) is 17.0 Å². The highest BCUT2D eigenvalue weighted by molar-refractivity contribution is 7.14. The van der Waals surface area contributed by atoms with Gasteiger partial charge in [-0.25, -0.2) is 4.79 Å². The van der Waals surface area contributed by atoms with Crippen molar-refractivity contribution in [1.29, 1.82) is 0 Å². The van der Waals surface area contributed by atoms with Gasteiger partial charge in [-0.05, 0) is 18.2 Å². The first-order valence-electron chi connectivity index (χ1n) is 3.40. The molecule has 0 aliphatic carbocycles. The van der Waals surface area contributed by atoms with Crippen LogP contribution in [-0.2, 0) is 4.79 Å². The van der Waals surface area contributed by atoms with Crippen LogP contribution >= 0.6 is 11.3 Å². The van der Waals surface area contributed by atoms with E-state index in [4.69, 9.17) is 10.8 Å². The zero-order chi connectivity index (χ0) is 9.84. The van der Waals surface area contributed by atoms with E-state index in [0.717, 1.165) is 17.4 Å². The van der Waals surface area contributed by atoms with Gasteiger partial charge in [0.1, 0.15) is 0 Å². The number of thiophene rings is 1. The smallest absolute Gasteiger partial charge is 0.328 e. The summed E-state index contributed by atoms with van der Waals surface area (Å²) in [5, 5.41) is 8.32. The third kappa shape index (κ3) is 2.72. The van der Waals surface area contributed by atoms with E-state index in [1.165, 1.54) is 6.08 Å². The molecule has 68 valence electrons. The van der Waals surface area contributed by atoms with Crippen molar-refractivity contribution in [3.63, 3.8) is 0 Å². The first-order valence-corrected chi connectivity index (χ1v) is 4.22. The third-order valence-electron chi connectivity index (χ3n) is 1.26. The fourth-order valence-electron chi connectivity index (χ4n) is 0.728. The molecule has 0 aromatic carbocycles. The Balaban J connectivity index is 2.80. The summed E-state index contributed by atoms with van der Waals surface area (Å²) in [4.78, 5) is 21.9. The minimum Gasteiger partial charge on any atom is -0.478 e. The minimum atomic E-state index is -1.02. The van der Waals surface area contributed by atoms with Crippen LogP contribution in [0.1, 0.15) is 14.5 Å². The summed E-state index contributed by atoms with van der Waals surface area (Å²) >= 11 is 1.16. The van der Waals surface area contributed by atoms with Gasteiger partial charge in [0.15, 0.2) is 0 Å². The Kier molecular flexibility index (Phi) is 2.81. The lowest BCUT2D eigenvalue weighted by Crippen LogP contribution is -2.07. The number of carbonyl (C=O) groups is 2. The molecule has 0 aliphatic heterocycles. The molecule has 4 nitrogen and oxygen atoms in total. The number of carbonyl (C=O) groups excluding carboxylic acids is 1. The first-order chi connectivity index (χ1) is 6.09. The summed E-state index contributed by atoms with van der Waals surface area (Å²) in [6, 6.07) is 3.21. The van der Waals surface area contributed by atoms with E-state index < -0.39 is 11.9 Å². The molecule has 0 radical (unpaired) electrons. The van der Waals surface area contributed by atoms with Gasteiger partial charge in [0.2, 0.25) is 0 Å². The van der Waals surface area contributed by atoms with Crippen LogP contribution in [0.3, 0.4) is 0 Å². The van der Waals surface area contributed by atoms with Gasteiger partial charge in [-0.15, -0.1) is 11.3 Å². The topological polar surface area (TPSA) is 80.4 Å². The number of aliphatic carboxylic acids is 1. The maximum atomic E-state index is 10.6. The van der Waals surface area contributed by atoms with E-state index in [9.17, 15) is 9.59 Å². The van der Waals surface area contributed by atoms with Crippen LogP contribution in [0.4, 0.5) is 0 Å². The molecule has 1 rings (SSSR count). The van der Waals surface area contributed by atoms with Crippen molar-refractivity contribution in [3.05, 3.63) is 28.0 Å². The largest absolute Gasteiger partial charge is 0.478 e. The Bertz CT molecular complexity index is 367. The summed E-state index contributed by atoms with van der Waals surface area (Å²) < 4.78 is 0. The lowest BCUT2D eigenvalue weighted by molar-refractivity contribution is -0.131. The SMILES string of the molecule is NC(=O)c1ccc(/C=C/C(=O)O)s1. The van der Waals surface area contributed by atoms with Gasteiger partial charge >= 0.3 is 5.97 Å². The van der Waals surface area contributed by atoms with E-state index in [1.54, 1.807) is 12.1 Å². The summed E-state index contributed by atoms with van der Waals surface area (Å²) in [5.41, 5.74) is 5.01. The van der Waals surface area contributed by atoms with Gasteiger partial charge in [0.25, 0.3) is 5.91 Å². The standard InChI is InChI=1S/C8H7NO3S/c9-8(12)6-3-1-5(13-6)2-4-7(10)11/h1-4H,(H2,9,12)(H,10,11)/b4-2+. The van der Waals surface area contributed by atoms with Crippen LogP contribution in [0.2, 0.25) is 0 Å². The normalized spacial score (nSPS) is 10.5. The predicted molar refractivity (Wildman–Crippen MR) is 49.5 cm³/mol. The monoisotopic (exact) mass is 197 g/mol. The van der Waals surface area contributed by atoms with Crippen molar-refractivity contribution in [2.45, 2.75) is 0 Å². The Morgan fingerprint density at radius 1 is 1.46 bits per heavy atom. The molecule has 13 heavy (non-hydrogen) atoms. The molecule has 0 fully saturated rings. The number of rotatable bonds is 3. The van der Waals surface area contributed by atoms with Gasteiger partial charge in [-0.2, -0.15) is 0 Å². The van der Waals surface area contributed by atoms with Gasteiger partial charge in [-0.3, -0.25) is 4.79 Å². The van der Waals surface area contributed by atoms with Crippen LogP contribution in [0.15, 0.2) is 18.2 Å². The van der Waals surface area contributed by atoms with E-state index >= 15 is 0 Å². The van der Waals surface area contributed by atoms with Gasteiger partial charge in [0.05, 0.1) is 4.88 Å². The number of carboxylic acid groups (broad SMARTS) is 1. The van der Waals surface area contributed by atoms with Crippen molar-refractivity contribution in [1.82, 2.24) is 0 Å². The third-order valence-corrected chi connectivity index (χ3v) is 2.32. The fraction of sp³-hybridized carbons (Fsp3) is 0. The lowest BCUT2D eigenvalue weighted by atomic mass is 10.4. The number of hydrogen-bond acceptors (Lipinski definition) is 3. The molecule has 1 aromatic heterocycles. The van der Waals surface area contributed by atoms with Crippen molar-refractivity contribution in [2.24, 2.45) is 5.73 Å². The van der Waals surface area contributed by atoms with E-state index in [-0.39, 0.29) is 0 Å². The predicted octanol–water partition coefficient (Wildman–Crippen LogP) is 0.945. The molecule has 1 amide bonds. The van der Waals surface area contributed by atoms with Crippen molar-refractivity contribution >= 4 is 29.3 Å². The van der Waals surface area contributed by atoms with Crippen molar-refractivity contribution < 1.29 is 14.7 Å². The van der Waals surface area contributed by atoms with Crippen LogP contribution in [0.5, 0.6) is 0 Å². The highest BCUT2D eigenvalue weighted by Crippen LogP contribution is 2.16. The summed E-state index contributed by atoms with van der Waals surface area (Å²) in [7, 11) is 0. The van der Waals surface area contributed by atoms with E-state index in [2.05, 4.69) is 0 Å². The van der Waals surface area contributed by atoms with Gasteiger partial charge < -0.3 is 10.8 Å². The molecule has 5 heteroatoms. The van der Waals surface area contributed by atoms with Gasteiger partial charge in [0, 0.05) is 11.0 Å². The second-order valence-electron chi connectivity index (χ2n) is 2.24. The average Bonchev–Trinajstić information content (AvgIpc) is 2.48. The zero-order valence-corrected chi connectivity index (χ0v) is 7.38. The number of nitrogens with two attached hydrogens (primary N) is 1. The molecule has 0 saturated carbocycles. The number of amides is 1. The van der Waals surface area contributed by atoms with Crippen LogP contribution in [0, 0.1) is 0 Å². The summed E-state index contributed by atoms with van der Waals surface area (Å²) in [6.07, 6.45) is 2.43. The maximum Gasteiger partial charge on any atom is 0.328 e. The Morgan fingerprint density at radius 2 is 2.15 bits per heavy atom. The number of hydrogen-bond donors (Lipinski definition) is 2. The lowest BCUT2D eigenvalue weighted by Gasteiger charge is -1.83. The Morgan fingerprint density at radius 3 is 2.62 bits per heavy atom. The molecule has 0 atom stereocenters. The first kappa shape index (κ1) is 9.47. The molecule has 3 N–H and O–H groups in total. The molecular formula is C8H7NO3S. The minimum absolute atomic E-state index is 0.421. The van der Waals surface area contributed by atoms with Crippen molar-refractivity contribution in [2.75, 3.05) is 0 Å². The summed E-state index contributed by atoms with van der Waals surface area (Å²) in [6.45, 7) is 0. The van der Waals surface area contributed by atoms with Gasteiger partial charge in [-0.1, -0.05) is 0 Å². The second kappa shape index (κ2) is 3.86. The van der Waals surface area contributed by atoms with Crippen LogP contribution < -0.4 is 5.73 Å². The van der Waals surface area contributed by atoms with E-state index in [0.29, 0.717) is 9.75 Å². The highest BCUT2D eigenvalue weighted by Gasteiger charge is 2.02. The van der Waals surface area contributed by atoms with E-state index in [1.807, 2.05) is 0 Å². The number of carboxylic acids is 1. The molecule has 0 bridgehead atoms. The second-order valence-corrected chi connectivity index (χ2v) is 3.35. The molecule has 0 unspecified atom stereocenters. The molecular weight excluding hydrogens is 190 g/mol. The molecule has 0 aliphatic rings. The van der Waals surface area contributed by atoms with Crippen LogP contribution in [0.25, 0.3) is 6.08 Å². The molecule has 1 heterocycles. The quantitative estimate of drug-likeness (QED) is 0.708. The van der Waals surface area contributed by atoms with Crippen molar-refractivity contribution in [3.8, 4) is 0 Å². The number of primary amides is 1. The zero-order valence-electron chi connectivity index (χ0n) is 6.56. The molecule has 0 spiro atoms. The Hall–Kier alpha value is -1.62. The molecule has 0 saturated heterocycles. The fourth-order valence-corrected chi connectivity index (χ4v) is 1.49. The Labute approximate surface area is 78.3 Å². The highest BCUT2D eigenvalue weighted by atomic mass is 32.1. The summed E-state index contributed by atoms with van der Waals surface area (Å²) in [5.74, 6) is -1.52.